The highest BCUT2D eigenvalue weighted by atomic mass is 32.3. The van der Waals surface area contributed by atoms with Gasteiger partial charge in [0, 0.05) is 69.0 Å². The molecule has 302 valence electrons. The molecule has 3 nitrogen and oxygen atoms in total. The third-order valence-electron chi connectivity index (χ3n) is 13.2. The normalized spacial score (nSPS) is 12.3. The Bertz CT molecular complexity index is 3770. The second-order valence-electron chi connectivity index (χ2n) is 16.5. The Balaban J connectivity index is 1.04. The van der Waals surface area contributed by atoms with E-state index in [-0.39, 0.29) is 0 Å². The molecule has 0 atom stereocenters. The summed E-state index contributed by atoms with van der Waals surface area (Å²) in [5, 5.41) is 7.53. The topological polar surface area (TPSA) is 14.8 Å². The number of benzene rings is 10. The zero-order chi connectivity index (χ0) is 42.2. The van der Waals surface area contributed by atoms with Crippen molar-refractivity contribution in [1.82, 2.24) is 13.7 Å². The fourth-order valence-corrected chi connectivity index (χ4v) is 14.3. The van der Waals surface area contributed by atoms with Gasteiger partial charge in [-0.2, -0.15) is 0 Å². The van der Waals surface area contributed by atoms with Crippen molar-refractivity contribution in [2.75, 3.05) is 0 Å². The van der Waals surface area contributed by atoms with E-state index in [1.165, 1.54) is 85.0 Å². The maximum Gasteiger partial charge on any atom is 0.0641 e. The largest absolute Gasteiger partial charge is 0.309 e. The molecular formula is C60H41N3S. The van der Waals surface area contributed by atoms with Crippen molar-refractivity contribution < 1.29 is 0 Å². The summed E-state index contributed by atoms with van der Waals surface area (Å²) in [6.45, 7) is 0. The Hall–Kier alpha value is -8.05. The molecule has 0 aliphatic carbocycles. The van der Waals surface area contributed by atoms with Gasteiger partial charge < -0.3 is 13.7 Å². The second-order valence-corrected chi connectivity index (χ2v) is 19.6. The van der Waals surface area contributed by atoms with Crippen LogP contribution in [0.5, 0.6) is 0 Å². The van der Waals surface area contributed by atoms with Gasteiger partial charge in [0.2, 0.25) is 0 Å². The minimum atomic E-state index is -1.97. The fraction of sp³-hybridized carbons (Fsp3) is 0. The molecule has 13 rings (SSSR count). The summed E-state index contributed by atoms with van der Waals surface area (Å²) in [7, 11) is -1.97. The molecule has 3 heterocycles. The van der Waals surface area contributed by atoms with Gasteiger partial charge in [-0.1, -0.05) is 133 Å². The molecule has 0 aliphatic rings. The SMILES string of the molecule is c1ccc(-n2c3ccccc3c3c2ccc2c4ccccc4n(-c4ccc(S(c5ccccc5)(c5ccccc5)c5ccc(-n6c7ccccc7c7ccccc76)cc5)cc4)c23)cc1. The molecule has 0 N–H and O–H groups in total. The molecule has 0 fully saturated rings. The third kappa shape index (κ3) is 5.30. The molecule has 3 aromatic heterocycles. The van der Waals surface area contributed by atoms with Crippen LogP contribution in [0.25, 0.3) is 82.5 Å². The van der Waals surface area contributed by atoms with Crippen LogP contribution in [0, 0.1) is 0 Å². The van der Waals surface area contributed by atoms with Crippen LogP contribution in [0.3, 0.4) is 0 Å². The number of hydrogen-bond acceptors (Lipinski definition) is 0. The minimum absolute atomic E-state index is 1.13. The van der Waals surface area contributed by atoms with Crippen LogP contribution in [-0.4, -0.2) is 13.7 Å². The summed E-state index contributed by atoms with van der Waals surface area (Å²) in [5.74, 6) is 0. The van der Waals surface area contributed by atoms with Gasteiger partial charge in [0.15, 0.2) is 0 Å². The maximum absolute atomic E-state index is 2.50. The number of nitrogens with zero attached hydrogens (tertiary/aromatic N) is 3. The van der Waals surface area contributed by atoms with Gasteiger partial charge in [0.25, 0.3) is 0 Å². The van der Waals surface area contributed by atoms with Crippen molar-refractivity contribution in [3.05, 3.63) is 249 Å². The molecule has 4 heteroatoms. The molecule has 0 aliphatic heterocycles. The van der Waals surface area contributed by atoms with E-state index in [0.29, 0.717) is 0 Å². The van der Waals surface area contributed by atoms with Crippen LogP contribution in [0.15, 0.2) is 268 Å². The molecule has 0 radical (unpaired) electrons. The molecule has 0 amide bonds. The Labute approximate surface area is 372 Å². The first-order valence-corrected chi connectivity index (χ1v) is 23.6. The van der Waals surface area contributed by atoms with Crippen LogP contribution in [0.2, 0.25) is 0 Å². The predicted molar refractivity (Wildman–Crippen MR) is 269 cm³/mol. The summed E-state index contributed by atoms with van der Waals surface area (Å²) in [5.41, 5.74) is 10.7. The van der Waals surface area contributed by atoms with E-state index < -0.39 is 10.0 Å². The number of para-hydroxylation sites is 5. The Morgan fingerprint density at radius 3 is 1.08 bits per heavy atom. The molecule has 0 saturated heterocycles. The lowest BCUT2D eigenvalue weighted by molar-refractivity contribution is 1.15. The van der Waals surface area contributed by atoms with Gasteiger partial charge in [-0.05, 0) is 115 Å². The number of rotatable bonds is 7. The van der Waals surface area contributed by atoms with Gasteiger partial charge >= 0.3 is 0 Å². The van der Waals surface area contributed by atoms with E-state index in [1.807, 2.05) is 0 Å². The van der Waals surface area contributed by atoms with E-state index >= 15 is 0 Å². The van der Waals surface area contributed by atoms with Crippen LogP contribution < -0.4 is 0 Å². The molecule has 10 aromatic carbocycles. The molecule has 0 bridgehead atoms. The van der Waals surface area contributed by atoms with Gasteiger partial charge in [-0.3, -0.25) is 0 Å². The van der Waals surface area contributed by atoms with E-state index in [4.69, 9.17) is 0 Å². The van der Waals surface area contributed by atoms with Crippen molar-refractivity contribution in [1.29, 1.82) is 0 Å². The predicted octanol–water partition coefficient (Wildman–Crippen LogP) is 16.3. The summed E-state index contributed by atoms with van der Waals surface area (Å²) < 4.78 is 7.32. The summed E-state index contributed by atoms with van der Waals surface area (Å²) >= 11 is 0. The number of aromatic nitrogens is 3. The lowest BCUT2D eigenvalue weighted by Gasteiger charge is -2.42. The molecular weight excluding hydrogens is 795 g/mol. The average Bonchev–Trinajstić information content (AvgIpc) is 4.02. The zero-order valence-electron chi connectivity index (χ0n) is 34.9. The van der Waals surface area contributed by atoms with Gasteiger partial charge in [0.05, 0.1) is 33.1 Å². The Morgan fingerprint density at radius 1 is 0.219 bits per heavy atom. The molecule has 0 saturated carbocycles. The highest BCUT2D eigenvalue weighted by molar-refractivity contribution is 8.34. The van der Waals surface area contributed by atoms with Crippen molar-refractivity contribution in [3.63, 3.8) is 0 Å². The van der Waals surface area contributed by atoms with Crippen molar-refractivity contribution in [3.8, 4) is 17.1 Å². The Kier molecular flexibility index (Phi) is 8.30. The standard InChI is InChI=1S/C60H41N3S/c1-4-18-42(19-5-1)62-57-31-17-13-27-53(57)59-58(62)41-40-52-51-26-12-16-30-56(51)63(60(52)59)44-34-38-48(39-35-44)64(45-20-6-2-7-21-45,46-22-8-3-9-23-46)47-36-32-43(33-37-47)61-54-28-14-10-24-49(54)50-25-11-15-29-55(50)61/h1-41H. The lowest BCUT2D eigenvalue weighted by atomic mass is 10.1. The van der Waals surface area contributed by atoms with E-state index in [0.717, 1.165) is 17.1 Å². The minimum Gasteiger partial charge on any atom is -0.309 e. The Morgan fingerprint density at radius 2 is 0.562 bits per heavy atom. The summed E-state index contributed by atoms with van der Waals surface area (Å²) in [6.07, 6.45) is 0. The van der Waals surface area contributed by atoms with Crippen LogP contribution in [0.4, 0.5) is 0 Å². The molecule has 64 heavy (non-hydrogen) atoms. The van der Waals surface area contributed by atoms with E-state index in [1.54, 1.807) is 0 Å². The second kappa shape index (κ2) is 14.5. The number of fused-ring (bicyclic) bond motifs is 10. The van der Waals surface area contributed by atoms with Crippen LogP contribution in [0.1, 0.15) is 0 Å². The molecule has 0 unspecified atom stereocenters. The van der Waals surface area contributed by atoms with Gasteiger partial charge in [0.1, 0.15) is 0 Å². The van der Waals surface area contributed by atoms with Crippen molar-refractivity contribution in [2.24, 2.45) is 0 Å². The van der Waals surface area contributed by atoms with E-state index in [2.05, 4.69) is 262 Å². The van der Waals surface area contributed by atoms with Gasteiger partial charge in [-0.15, -0.1) is 10.0 Å². The van der Waals surface area contributed by atoms with Gasteiger partial charge in [-0.25, -0.2) is 0 Å². The van der Waals surface area contributed by atoms with Crippen molar-refractivity contribution in [2.45, 2.75) is 19.6 Å². The first-order chi connectivity index (χ1) is 31.8. The highest BCUT2D eigenvalue weighted by Crippen LogP contribution is 2.73. The smallest absolute Gasteiger partial charge is 0.0641 e. The maximum atomic E-state index is 2.50. The number of hydrogen-bond donors (Lipinski definition) is 0. The molecule has 13 aromatic rings. The lowest BCUT2D eigenvalue weighted by Crippen LogP contribution is -2.06. The monoisotopic (exact) mass is 835 g/mol. The molecule has 0 spiro atoms. The van der Waals surface area contributed by atoms with E-state index in [9.17, 15) is 0 Å². The summed E-state index contributed by atoms with van der Waals surface area (Å²) in [4.78, 5) is 5.16. The first kappa shape index (κ1) is 36.6. The summed E-state index contributed by atoms with van der Waals surface area (Å²) in [6, 6.07) is 91.8. The van der Waals surface area contributed by atoms with Crippen LogP contribution >= 0.6 is 10.0 Å². The first-order valence-electron chi connectivity index (χ1n) is 21.9. The van der Waals surface area contributed by atoms with Crippen molar-refractivity contribution >= 4 is 75.4 Å². The quantitative estimate of drug-likeness (QED) is 0.152. The average molecular weight is 836 g/mol. The van der Waals surface area contributed by atoms with Crippen LogP contribution in [-0.2, 0) is 0 Å². The third-order valence-corrected chi connectivity index (χ3v) is 17.1. The highest BCUT2D eigenvalue weighted by Gasteiger charge is 2.33. The zero-order valence-corrected chi connectivity index (χ0v) is 35.7. The fourth-order valence-electron chi connectivity index (χ4n) is 10.5.